The number of hydrogen-bond donors (Lipinski definition) is 1. The molecule has 0 amide bonds. The standard InChI is InChI=1S/C4H2BrClO2S2/c5-3-2(10(7)8)1-9-4(3)6/h1,10H. The lowest BCUT2D eigenvalue weighted by atomic mass is 10.7. The predicted molar refractivity (Wildman–Crippen MR) is 45.6 cm³/mol. The average molecular weight is 262 g/mol. The molecule has 0 atom stereocenters. The van der Waals surface area contributed by atoms with E-state index >= 15 is 0 Å². The van der Waals surface area contributed by atoms with E-state index in [2.05, 4.69) is 15.9 Å². The second kappa shape index (κ2) is 3.21. The molecule has 0 fully saturated rings. The third kappa shape index (κ3) is 1.53. The van der Waals surface area contributed by atoms with E-state index in [1.807, 2.05) is 0 Å². The van der Waals surface area contributed by atoms with Crippen molar-refractivity contribution in [3.05, 3.63) is 14.2 Å². The molecule has 0 radical (unpaired) electrons. The lowest BCUT2D eigenvalue weighted by Crippen LogP contribution is -1.74. The van der Waals surface area contributed by atoms with Gasteiger partial charge >= 0.3 is 0 Å². The molecular formula is C4H2BrClO2S2. The van der Waals surface area contributed by atoms with Crippen LogP contribution in [0, 0.1) is 0 Å². The summed E-state index contributed by atoms with van der Waals surface area (Å²) in [5.74, 6) is 0. The van der Waals surface area contributed by atoms with Gasteiger partial charge in [0, 0.05) is 5.38 Å². The van der Waals surface area contributed by atoms with Crippen molar-refractivity contribution < 1.29 is 8.42 Å². The maximum Gasteiger partial charge on any atom is 0.170 e. The molecule has 0 unspecified atom stereocenters. The first-order valence-corrected chi connectivity index (χ1v) is 5.42. The summed E-state index contributed by atoms with van der Waals surface area (Å²) in [4.78, 5) is 0.255. The first-order valence-electron chi connectivity index (χ1n) is 2.20. The number of thiol groups is 1. The smallest absolute Gasteiger partial charge is 0.170 e. The molecule has 1 rings (SSSR count). The summed E-state index contributed by atoms with van der Waals surface area (Å²) in [6.45, 7) is 0. The normalized spacial score (nSPS) is 10.7. The summed E-state index contributed by atoms with van der Waals surface area (Å²) in [6.07, 6.45) is 0. The van der Waals surface area contributed by atoms with Crippen molar-refractivity contribution in [1.82, 2.24) is 0 Å². The summed E-state index contributed by atoms with van der Waals surface area (Å²) in [7, 11) is -2.52. The van der Waals surface area contributed by atoms with E-state index in [9.17, 15) is 8.42 Å². The molecule has 10 heavy (non-hydrogen) atoms. The molecule has 0 aliphatic heterocycles. The van der Waals surface area contributed by atoms with Gasteiger partial charge < -0.3 is 0 Å². The van der Waals surface area contributed by atoms with E-state index in [1.54, 1.807) is 0 Å². The van der Waals surface area contributed by atoms with Crippen molar-refractivity contribution in [3.63, 3.8) is 0 Å². The van der Waals surface area contributed by atoms with E-state index in [4.69, 9.17) is 11.6 Å². The molecule has 0 saturated heterocycles. The minimum absolute atomic E-state index is 0.255. The topological polar surface area (TPSA) is 34.1 Å². The van der Waals surface area contributed by atoms with Gasteiger partial charge in [-0.05, 0) is 15.9 Å². The Labute approximate surface area is 76.9 Å². The monoisotopic (exact) mass is 260 g/mol. The Morgan fingerprint density at radius 1 is 1.60 bits per heavy atom. The molecule has 0 aromatic carbocycles. The molecule has 0 aliphatic rings. The molecule has 6 heteroatoms. The SMILES string of the molecule is O=[SH](=O)c1csc(Cl)c1Br. The van der Waals surface area contributed by atoms with Crippen molar-refractivity contribution in [1.29, 1.82) is 0 Å². The maximum absolute atomic E-state index is 10.4. The van der Waals surface area contributed by atoms with Crippen LogP contribution < -0.4 is 0 Å². The van der Waals surface area contributed by atoms with Gasteiger partial charge in [0.1, 0.15) is 4.34 Å². The number of rotatable bonds is 1. The molecule has 1 aromatic rings. The van der Waals surface area contributed by atoms with Crippen molar-refractivity contribution >= 4 is 49.6 Å². The van der Waals surface area contributed by atoms with Gasteiger partial charge in [-0.15, -0.1) is 11.3 Å². The van der Waals surface area contributed by atoms with Crippen LogP contribution in [0.4, 0.5) is 0 Å². The number of halogens is 2. The third-order valence-corrected chi connectivity index (χ3v) is 4.63. The van der Waals surface area contributed by atoms with Crippen molar-refractivity contribution in [3.8, 4) is 0 Å². The summed E-state index contributed by atoms with van der Waals surface area (Å²) >= 11 is 9.82. The van der Waals surface area contributed by atoms with E-state index in [0.29, 0.717) is 8.81 Å². The predicted octanol–water partition coefficient (Wildman–Crippen LogP) is 2.13. The summed E-state index contributed by atoms with van der Waals surface area (Å²) in [5.41, 5.74) is 0. The van der Waals surface area contributed by atoms with Gasteiger partial charge in [-0.3, -0.25) is 0 Å². The van der Waals surface area contributed by atoms with E-state index in [0.717, 1.165) is 0 Å². The van der Waals surface area contributed by atoms with Crippen LogP contribution in [0.15, 0.2) is 14.7 Å². The maximum atomic E-state index is 10.4. The van der Waals surface area contributed by atoms with E-state index in [1.165, 1.54) is 16.7 Å². The quantitative estimate of drug-likeness (QED) is 0.786. The van der Waals surface area contributed by atoms with Gasteiger partial charge in [0.15, 0.2) is 10.7 Å². The number of thiophene rings is 1. The summed E-state index contributed by atoms with van der Waals surface area (Å²) in [6, 6.07) is 0. The second-order valence-corrected chi connectivity index (χ2v) is 4.74. The Morgan fingerprint density at radius 3 is 2.40 bits per heavy atom. The Balaban J connectivity index is 3.31. The van der Waals surface area contributed by atoms with E-state index < -0.39 is 10.7 Å². The van der Waals surface area contributed by atoms with Crippen LogP contribution in [0.5, 0.6) is 0 Å². The first kappa shape index (κ1) is 8.52. The molecule has 0 saturated carbocycles. The second-order valence-electron chi connectivity index (χ2n) is 1.47. The summed E-state index contributed by atoms with van der Waals surface area (Å²) in [5, 5.41) is 1.50. The fraction of sp³-hybridized carbons (Fsp3) is 0. The lowest BCUT2D eigenvalue weighted by Gasteiger charge is -1.82. The first-order chi connectivity index (χ1) is 4.63. The lowest BCUT2D eigenvalue weighted by molar-refractivity contribution is 0.614. The zero-order valence-electron chi connectivity index (χ0n) is 4.51. The van der Waals surface area contributed by atoms with Crippen molar-refractivity contribution in [2.75, 3.05) is 0 Å². The van der Waals surface area contributed by atoms with Crippen LogP contribution in [0.1, 0.15) is 0 Å². The highest BCUT2D eigenvalue weighted by atomic mass is 79.9. The minimum atomic E-state index is -2.52. The summed E-state index contributed by atoms with van der Waals surface area (Å²) < 4.78 is 21.7. The molecule has 0 N–H and O–H groups in total. The molecule has 0 spiro atoms. The Kier molecular flexibility index (Phi) is 2.74. The third-order valence-electron chi connectivity index (χ3n) is 0.868. The molecule has 1 heterocycles. The van der Waals surface area contributed by atoms with Gasteiger partial charge in [-0.1, -0.05) is 11.6 Å². The van der Waals surface area contributed by atoms with Crippen molar-refractivity contribution in [2.45, 2.75) is 4.90 Å². The van der Waals surface area contributed by atoms with Crippen LogP contribution in [-0.4, -0.2) is 8.42 Å². The van der Waals surface area contributed by atoms with Gasteiger partial charge in [0.2, 0.25) is 0 Å². The van der Waals surface area contributed by atoms with Gasteiger partial charge in [-0.25, -0.2) is 8.42 Å². The highest BCUT2D eigenvalue weighted by molar-refractivity contribution is 9.10. The Bertz CT molecular complexity index is 309. The zero-order valence-corrected chi connectivity index (χ0v) is 8.56. The Morgan fingerprint density at radius 2 is 2.20 bits per heavy atom. The molecule has 56 valence electrons. The largest absolute Gasteiger partial charge is 0.227 e. The fourth-order valence-corrected chi connectivity index (χ4v) is 3.11. The van der Waals surface area contributed by atoms with Crippen LogP contribution in [0.2, 0.25) is 4.34 Å². The van der Waals surface area contributed by atoms with Gasteiger partial charge in [0.25, 0.3) is 0 Å². The van der Waals surface area contributed by atoms with Crippen LogP contribution in [0.3, 0.4) is 0 Å². The highest BCUT2D eigenvalue weighted by Crippen LogP contribution is 2.33. The van der Waals surface area contributed by atoms with Gasteiger partial charge in [0.05, 0.1) is 9.37 Å². The molecule has 1 aromatic heterocycles. The Hall–Kier alpha value is 0.420. The molecule has 0 bridgehead atoms. The molecule has 2 nitrogen and oxygen atoms in total. The number of hydrogen-bond acceptors (Lipinski definition) is 3. The molecular weight excluding hydrogens is 260 g/mol. The van der Waals surface area contributed by atoms with Crippen molar-refractivity contribution in [2.24, 2.45) is 0 Å². The molecule has 0 aliphatic carbocycles. The van der Waals surface area contributed by atoms with Crippen LogP contribution in [-0.2, 0) is 10.7 Å². The van der Waals surface area contributed by atoms with Gasteiger partial charge in [-0.2, -0.15) is 0 Å². The van der Waals surface area contributed by atoms with E-state index in [-0.39, 0.29) is 4.90 Å². The van der Waals surface area contributed by atoms with Crippen LogP contribution in [0.25, 0.3) is 0 Å². The fourth-order valence-electron chi connectivity index (χ4n) is 0.435. The average Bonchev–Trinajstić information content (AvgIpc) is 2.14. The zero-order chi connectivity index (χ0) is 7.72. The van der Waals surface area contributed by atoms with Crippen LogP contribution >= 0.6 is 38.9 Å². The highest BCUT2D eigenvalue weighted by Gasteiger charge is 2.07. The minimum Gasteiger partial charge on any atom is -0.227 e.